The Morgan fingerprint density at radius 1 is 1.23 bits per heavy atom. The van der Waals surface area contributed by atoms with Crippen LogP contribution in [0.2, 0.25) is 5.02 Å². The lowest BCUT2D eigenvalue weighted by Crippen LogP contribution is -2.11. The van der Waals surface area contributed by atoms with E-state index in [1.165, 1.54) is 12.3 Å². The molecule has 158 valence electrons. The first kappa shape index (κ1) is 21.8. The number of aliphatic imine (C=N–C) groups is 1. The number of hydrogen-bond acceptors (Lipinski definition) is 6. The van der Waals surface area contributed by atoms with Crippen LogP contribution in [0.4, 0.5) is 17.1 Å². The van der Waals surface area contributed by atoms with Crippen LogP contribution in [-0.4, -0.2) is 28.8 Å². The monoisotopic (exact) mass is 439 g/mol. The molecule has 0 aliphatic heterocycles. The summed E-state index contributed by atoms with van der Waals surface area (Å²) < 4.78 is 5.25. The van der Waals surface area contributed by atoms with Crippen LogP contribution >= 0.6 is 11.6 Å². The van der Waals surface area contributed by atoms with Gasteiger partial charge < -0.3 is 15.2 Å². The standard InChI is InChI=1S/C22H18ClN3O5/c1-2-31-20-12-19(26(29)30)11-15(21(20)27)13-24-17-6-8-18(9-7-17)25-22(28)14-4-3-5-16(23)10-14/h3-13,27H,2H2,1H3,(H,25,28). The number of rotatable bonds is 7. The van der Waals surface area contributed by atoms with Gasteiger partial charge in [-0.1, -0.05) is 17.7 Å². The van der Waals surface area contributed by atoms with E-state index in [4.69, 9.17) is 16.3 Å². The lowest BCUT2D eigenvalue weighted by atomic mass is 10.1. The first-order valence-corrected chi connectivity index (χ1v) is 9.60. The van der Waals surface area contributed by atoms with Gasteiger partial charge in [0, 0.05) is 34.1 Å². The van der Waals surface area contributed by atoms with Crippen LogP contribution in [0.1, 0.15) is 22.8 Å². The summed E-state index contributed by atoms with van der Waals surface area (Å²) in [5.41, 5.74) is 1.43. The fourth-order valence-electron chi connectivity index (χ4n) is 2.69. The van der Waals surface area contributed by atoms with E-state index in [-0.39, 0.29) is 35.3 Å². The van der Waals surface area contributed by atoms with Crippen molar-refractivity contribution in [3.63, 3.8) is 0 Å². The maximum absolute atomic E-state index is 12.3. The number of phenols is 1. The number of nitrogens with zero attached hydrogens (tertiary/aromatic N) is 2. The summed E-state index contributed by atoms with van der Waals surface area (Å²) in [6.45, 7) is 1.95. The predicted molar refractivity (Wildman–Crippen MR) is 119 cm³/mol. The van der Waals surface area contributed by atoms with Crippen LogP contribution in [0.3, 0.4) is 0 Å². The Hall–Kier alpha value is -3.91. The van der Waals surface area contributed by atoms with Crippen LogP contribution in [0.15, 0.2) is 65.7 Å². The average molecular weight is 440 g/mol. The number of aromatic hydroxyl groups is 1. The van der Waals surface area contributed by atoms with Crippen molar-refractivity contribution in [2.24, 2.45) is 4.99 Å². The van der Waals surface area contributed by atoms with Gasteiger partial charge in [-0.15, -0.1) is 0 Å². The number of ether oxygens (including phenoxy) is 1. The first-order chi connectivity index (χ1) is 14.9. The minimum Gasteiger partial charge on any atom is -0.504 e. The zero-order chi connectivity index (χ0) is 22.4. The summed E-state index contributed by atoms with van der Waals surface area (Å²) in [5.74, 6) is -0.525. The van der Waals surface area contributed by atoms with Crippen molar-refractivity contribution in [1.82, 2.24) is 0 Å². The fourth-order valence-corrected chi connectivity index (χ4v) is 2.88. The number of hydrogen-bond donors (Lipinski definition) is 2. The van der Waals surface area contributed by atoms with Gasteiger partial charge in [0.2, 0.25) is 0 Å². The highest BCUT2D eigenvalue weighted by atomic mass is 35.5. The molecule has 0 aromatic heterocycles. The van der Waals surface area contributed by atoms with E-state index in [1.54, 1.807) is 55.5 Å². The molecule has 0 radical (unpaired) electrons. The van der Waals surface area contributed by atoms with Crippen molar-refractivity contribution in [3.05, 3.63) is 86.9 Å². The van der Waals surface area contributed by atoms with E-state index in [1.807, 2.05) is 0 Å². The van der Waals surface area contributed by atoms with E-state index in [0.717, 1.165) is 6.07 Å². The maximum atomic E-state index is 12.3. The van der Waals surface area contributed by atoms with Crippen LogP contribution in [0.25, 0.3) is 0 Å². The summed E-state index contributed by atoms with van der Waals surface area (Å²) >= 11 is 5.90. The molecule has 0 bridgehead atoms. The highest BCUT2D eigenvalue weighted by molar-refractivity contribution is 6.31. The molecule has 0 aliphatic rings. The zero-order valence-corrected chi connectivity index (χ0v) is 17.2. The third-order valence-electron chi connectivity index (χ3n) is 4.16. The second-order valence-corrected chi connectivity index (χ2v) is 6.78. The number of non-ortho nitro benzene ring substituents is 1. The van der Waals surface area contributed by atoms with Crippen molar-refractivity contribution in [1.29, 1.82) is 0 Å². The van der Waals surface area contributed by atoms with Crippen LogP contribution in [0, 0.1) is 10.1 Å². The summed E-state index contributed by atoms with van der Waals surface area (Å²) in [5, 5.41) is 24.6. The van der Waals surface area contributed by atoms with Crippen LogP contribution in [0.5, 0.6) is 11.5 Å². The Kier molecular flexibility index (Phi) is 6.84. The summed E-state index contributed by atoms with van der Waals surface area (Å²) in [6, 6.07) is 15.6. The number of carbonyl (C=O) groups excluding carboxylic acids is 1. The molecule has 2 N–H and O–H groups in total. The number of benzene rings is 3. The molecule has 0 fully saturated rings. The van der Waals surface area contributed by atoms with Crippen molar-refractivity contribution >= 4 is 40.8 Å². The predicted octanol–water partition coefficient (Wildman–Crippen LogP) is 5.36. The molecule has 3 aromatic carbocycles. The topological polar surface area (TPSA) is 114 Å². The molecule has 0 atom stereocenters. The third-order valence-corrected chi connectivity index (χ3v) is 4.40. The lowest BCUT2D eigenvalue weighted by Gasteiger charge is -2.08. The molecule has 31 heavy (non-hydrogen) atoms. The highest BCUT2D eigenvalue weighted by Gasteiger charge is 2.16. The second-order valence-electron chi connectivity index (χ2n) is 6.34. The minimum atomic E-state index is -0.573. The number of anilines is 1. The van der Waals surface area contributed by atoms with Crippen LogP contribution in [-0.2, 0) is 0 Å². The summed E-state index contributed by atoms with van der Waals surface area (Å²) in [6.07, 6.45) is 1.31. The van der Waals surface area contributed by atoms with E-state index in [0.29, 0.717) is 22.0 Å². The Bertz CT molecular complexity index is 1150. The molecular formula is C22H18ClN3O5. The van der Waals surface area contributed by atoms with Crippen molar-refractivity contribution in [2.45, 2.75) is 6.92 Å². The van der Waals surface area contributed by atoms with Gasteiger partial charge in [-0.25, -0.2) is 0 Å². The third kappa shape index (κ3) is 5.58. The van der Waals surface area contributed by atoms with E-state index in [2.05, 4.69) is 10.3 Å². The number of carbonyl (C=O) groups is 1. The van der Waals surface area contributed by atoms with E-state index >= 15 is 0 Å². The number of amides is 1. The number of nitro groups is 1. The fraction of sp³-hybridized carbons (Fsp3) is 0.0909. The Morgan fingerprint density at radius 2 is 1.97 bits per heavy atom. The second kappa shape index (κ2) is 9.73. The molecule has 1 amide bonds. The molecule has 0 saturated carbocycles. The van der Waals surface area contributed by atoms with Gasteiger partial charge in [-0.3, -0.25) is 19.9 Å². The van der Waals surface area contributed by atoms with Crippen molar-refractivity contribution in [2.75, 3.05) is 11.9 Å². The van der Waals surface area contributed by atoms with Crippen molar-refractivity contribution in [3.8, 4) is 11.5 Å². The van der Waals surface area contributed by atoms with Gasteiger partial charge in [0.25, 0.3) is 11.6 Å². The molecule has 3 rings (SSSR count). The summed E-state index contributed by atoms with van der Waals surface area (Å²) in [7, 11) is 0. The quantitative estimate of drug-likeness (QED) is 0.292. The number of nitrogens with one attached hydrogen (secondary N) is 1. The smallest absolute Gasteiger partial charge is 0.274 e. The maximum Gasteiger partial charge on any atom is 0.274 e. The molecule has 0 heterocycles. The zero-order valence-electron chi connectivity index (χ0n) is 16.4. The van der Waals surface area contributed by atoms with Gasteiger partial charge in [0.05, 0.1) is 23.3 Å². The number of nitro benzene ring substituents is 1. The summed E-state index contributed by atoms with van der Waals surface area (Å²) in [4.78, 5) is 27.1. The normalized spacial score (nSPS) is 10.8. The van der Waals surface area contributed by atoms with Gasteiger partial charge >= 0.3 is 0 Å². The van der Waals surface area contributed by atoms with Gasteiger partial charge in [-0.05, 0) is 49.4 Å². The molecule has 9 heteroatoms. The van der Waals surface area contributed by atoms with E-state index in [9.17, 15) is 20.0 Å². The Balaban J connectivity index is 1.76. The Labute approximate surface area is 182 Å². The van der Waals surface area contributed by atoms with E-state index < -0.39 is 4.92 Å². The largest absolute Gasteiger partial charge is 0.504 e. The number of phenolic OH excluding ortho intramolecular Hbond substituents is 1. The van der Waals surface area contributed by atoms with Crippen LogP contribution < -0.4 is 10.1 Å². The highest BCUT2D eigenvalue weighted by Crippen LogP contribution is 2.34. The molecule has 0 unspecified atom stereocenters. The van der Waals surface area contributed by atoms with Gasteiger partial charge in [-0.2, -0.15) is 0 Å². The minimum absolute atomic E-state index is 0.0113. The molecule has 3 aromatic rings. The SMILES string of the molecule is CCOc1cc([N+](=O)[O-])cc(C=Nc2ccc(NC(=O)c3cccc(Cl)c3)cc2)c1O. The Morgan fingerprint density at radius 3 is 2.61 bits per heavy atom. The van der Waals surface area contributed by atoms with Gasteiger partial charge in [0.1, 0.15) is 0 Å². The van der Waals surface area contributed by atoms with Crippen molar-refractivity contribution < 1.29 is 19.6 Å². The molecule has 8 nitrogen and oxygen atoms in total. The molecule has 0 spiro atoms. The first-order valence-electron chi connectivity index (χ1n) is 9.22. The van der Waals surface area contributed by atoms with Gasteiger partial charge in [0.15, 0.2) is 11.5 Å². The number of halogens is 1. The lowest BCUT2D eigenvalue weighted by molar-refractivity contribution is -0.385. The average Bonchev–Trinajstić information content (AvgIpc) is 2.75. The molecular weight excluding hydrogens is 422 g/mol. The molecule has 0 aliphatic carbocycles. The molecule has 0 saturated heterocycles.